The van der Waals surface area contributed by atoms with Crippen LogP contribution in [0.4, 0.5) is 0 Å². The van der Waals surface area contributed by atoms with Crippen LogP contribution >= 0.6 is 0 Å². The Morgan fingerprint density at radius 3 is 2.60 bits per heavy atom. The zero-order valence-electron chi connectivity index (χ0n) is 12.6. The van der Waals surface area contributed by atoms with E-state index in [4.69, 9.17) is 10.9 Å². The molecule has 1 aromatic carbocycles. The molecule has 110 valence electrons. The molecule has 0 bridgehead atoms. The Labute approximate surface area is 120 Å². The first-order valence-electron chi connectivity index (χ1n) is 6.63. The number of hydrogen-bond acceptors (Lipinski definition) is 3. The molecule has 1 rings (SSSR count). The minimum Gasteiger partial charge on any atom is -0.409 e. The number of oxime groups is 1. The van der Waals surface area contributed by atoms with Crippen LogP contribution in [0.3, 0.4) is 0 Å². The number of nitrogens with two attached hydrogens (primary N) is 1. The first-order chi connectivity index (χ1) is 9.35. The highest BCUT2D eigenvalue weighted by atomic mass is 16.4. The Hall–Kier alpha value is -2.04. The fourth-order valence-corrected chi connectivity index (χ4v) is 1.94. The second-order valence-corrected chi connectivity index (χ2v) is 5.24. The summed E-state index contributed by atoms with van der Waals surface area (Å²) in [6, 6.07) is 5.93. The molecular weight excluding hydrogens is 254 g/mol. The molecule has 1 aromatic rings. The molecule has 0 radical (unpaired) electrons. The van der Waals surface area contributed by atoms with Crippen molar-refractivity contribution in [2.24, 2.45) is 10.9 Å². The van der Waals surface area contributed by atoms with Crippen LogP contribution in [0, 0.1) is 13.8 Å². The van der Waals surface area contributed by atoms with E-state index < -0.39 is 0 Å². The van der Waals surface area contributed by atoms with Crippen LogP contribution < -0.4 is 5.73 Å². The van der Waals surface area contributed by atoms with Crippen LogP contribution in [0.5, 0.6) is 0 Å². The molecule has 0 heterocycles. The molecule has 0 aromatic heterocycles. The minimum atomic E-state index is -0.107. The maximum Gasteiger partial charge on any atom is 0.226 e. The summed E-state index contributed by atoms with van der Waals surface area (Å²) in [6.07, 6.45) is 0.712. The fourth-order valence-electron chi connectivity index (χ4n) is 1.94. The van der Waals surface area contributed by atoms with Gasteiger partial charge in [0.25, 0.3) is 0 Å². The molecule has 3 N–H and O–H groups in total. The Kier molecular flexibility index (Phi) is 5.55. The third-order valence-corrected chi connectivity index (χ3v) is 3.61. The van der Waals surface area contributed by atoms with E-state index in [1.54, 1.807) is 11.9 Å². The van der Waals surface area contributed by atoms with E-state index in [1.165, 1.54) is 11.1 Å². The van der Waals surface area contributed by atoms with Gasteiger partial charge in [-0.2, -0.15) is 0 Å². The molecule has 1 atom stereocenters. The van der Waals surface area contributed by atoms with Gasteiger partial charge < -0.3 is 15.8 Å². The molecule has 5 nitrogen and oxygen atoms in total. The number of amidine groups is 1. The second-order valence-electron chi connectivity index (χ2n) is 5.24. The topological polar surface area (TPSA) is 78.9 Å². The molecule has 0 aliphatic carbocycles. The Balaban J connectivity index is 2.67. The van der Waals surface area contributed by atoms with Crippen LogP contribution in [0.1, 0.15) is 30.0 Å². The van der Waals surface area contributed by atoms with Crippen LogP contribution in [0.2, 0.25) is 0 Å². The van der Waals surface area contributed by atoms with Crippen LogP contribution in [0.25, 0.3) is 0 Å². The normalized spacial score (nSPS) is 13.1. The second kappa shape index (κ2) is 6.93. The SMILES string of the molecule is Cc1ccc(CC(=O)N(C)C(C)CC(N)=NO)cc1C. The molecule has 0 spiro atoms. The standard InChI is InChI=1S/C15H23N3O2/c1-10-5-6-13(7-11(10)2)9-15(19)18(4)12(3)8-14(16)17-20/h5-7,12,20H,8-9H2,1-4H3,(H2,16,17). The quantitative estimate of drug-likeness (QED) is 0.373. The lowest BCUT2D eigenvalue weighted by Crippen LogP contribution is -2.38. The summed E-state index contributed by atoms with van der Waals surface area (Å²) in [5.41, 5.74) is 8.86. The van der Waals surface area contributed by atoms with E-state index in [1.807, 2.05) is 39.0 Å². The molecule has 5 heteroatoms. The largest absolute Gasteiger partial charge is 0.409 e. The molecule has 1 unspecified atom stereocenters. The van der Waals surface area contributed by atoms with E-state index in [9.17, 15) is 4.79 Å². The van der Waals surface area contributed by atoms with Crippen molar-refractivity contribution >= 4 is 11.7 Å². The van der Waals surface area contributed by atoms with Gasteiger partial charge in [-0.1, -0.05) is 23.4 Å². The molecule has 0 saturated carbocycles. The fraction of sp³-hybridized carbons (Fsp3) is 0.467. The summed E-state index contributed by atoms with van der Waals surface area (Å²) >= 11 is 0. The summed E-state index contributed by atoms with van der Waals surface area (Å²) < 4.78 is 0. The van der Waals surface area contributed by atoms with Gasteiger partial charge in [0.15, 0.2) is 0 Å². The van der Waals surface area contributed by atoms with E-state index in [0.717, 1.165) is 5.56 Å². The number of carbonyl (C=O) groups excluding carboxylic acids is 1. The number of hydrogen-bond donors (Lipinski definition) is 2. The van der Waals surface area contributed by atoms with Gasteiger partial charge in [0.05, 0.1) is 6.42 Å². The predicted molar refractivity (Wildman–Crippen MR) is 79.9 cm³/mol. The highest BCUT2D eigenvalue weighted by Crippen LogP contribution is 2.12. The lowest BCUT2D eigenvalue weighted by molar-refractivity contribution is -0.130. The van der Waals surface area contributed by atoms with Crippen LogP contribution in [0.15, 0.2) is 23.4 Å². The van der Waals surface area contributed by atoms with Gasteiger partial charge in [0.1, 0.15) is 5.84 Å². The lowest BCUT2D eigenvalue weighted by atomic mass is 10.0. The summed E-state index contributed by atoms with van der Waals surface area (Å²) in [4.78, 5) is 13.8. The maximum absolute atomic E-state index is 12.2. The number of carbonyl (C=O) groups is 1. The number of amides is 1. The number of nitrogens with zero attached hydrogens (tertiary/aromatic N) is 2. The van der Waals surface area contributed by atoms with Gasteiger partial charge in [-0.05, 0) is 37.5 Å². The summed E-state index contributed by atoms with van der Waals surface area (Å²) in [6.45, 7) is 5.95. The van der Waals surface area contributed by atoms with Crippen molar-refractivity contribution < 1.29 is 10.0 Å². The van der Waals surface area contributed by atoms with Crippen molar-refractivity contribution in [3.05, 3.63) is 34.9 Å². The average molecular weight is 277 g/mol. The zero-order valence-corrected chi connectivity index (χ0v) is 12.6. The minimum absolute atomic E-state index is 0.0199. The Morgan fingerprint density at radius 2 is 2.05 bits per heavy atom. The number of rotatable bonds is 5. The molecule has 0 saturated heterocycles. The van der Waals surface area contributed by atoms with Crippen molar-refractivity contribution in [1.82, 2.24) is 4.90 Å². The molecular formula is C15H23N3O2. The van der Waals surface area contributed by atoms with E-state index in [0.29, 0.717) is 12.8 Å². The van der Waals surface area contributed by atoms with Gasteiger partial charge in [-0.25, -0.2) is 0 Å². The third-order valence-electron chi connectivity index (χ3n) is 3.61. The number of likely N-dealkylation sites (N-methyl/N-ethyl adjacent to an activating group) is 1. The molecule has 0 aliphatic heterocycles. The molecule has 0 aliphatic rings. The molecule has 20 heavy (non-hydrogen) atoms. The van der Waals surface area contributed by atoms with Gasteiger partial charge in [0, 0.05) is 19.5 Å². The van der Waals surface area contributed by atoms with Crippen LogP contribution in [-0.2, 0) is 11.2 Å². The third kappa shape index (κ3) is 4.26. The van der Waals surface area contributed by atoms with Crippen molar-refractivity contribution in [1.29, 1.82) is 0 Å². The average Bonchev–Trinajstić information content (AvgIpc) is 2.41. The smallest absolute Gasteiger partial charge is 0.226 e. The highest BCUT2D eigenvalue weighted by Gasteiger charge is 2.17. The zero-order chi connectivity index (χ0) is 15.3. The maximum atomic E-state index is 12.2. The summed E-state index contributed by atoms with van der Waals surface area (Å²) in [7, 11) is 1.73. The first-order valence-corrected chi connectivity index (χ1v) is 6.63. The van der Waals surface area contributed by atoms with Crippen molar-refractivity contribution in [2.45, 2.75) is 39.7 Å². The molecule has 1 amide bonds. The monoisotopic (exact) mass is 277 g/mol. The van der Waals surface area contributed by atoms with Crippen molar-refractivity contribution in [2.75, 3.05) is 7.05 Å². The van der Waals surface area contributed by atoms with Gasteiger partial charge in [0.2, 0.25) is 5.91 Å². The van der Waals surface area contributed by atoms with Gasteiger partial charge >= 0.3 is 0 Å². The van der Waals surface area contributed by atoms with Gasteiger partial charge in [-0.3, -0.25) is 4.79 Å². The first kappa shape index (κ1) is 16.0. The highest BCUT2D eigenvalue weighted by molar-refractivity contribution is 5.82. The van der Waals surface area contributed by atoms with Crippen molar-refractivity contribution in [3.8, 4) is 0 Å². The van der Waals surface area contributed by atoms with E-state index in [-0.39, 0.29) is 17.8 Å². The summed E-state index contributed by atoms with van der Waals surface area (Å²) in [5, 5.41) is 11.5. The number of aryl methyl sites for hydroxylation is 2. The lowest BCUT2D eigenvalue weighted by Gasteiger charge is -2.24. The van der Waals surface area contributed by atoms with Gasteiger partial charge in [-0.15, -0.1) is 0 Å². The molecule has 0 fully saturated rings. The summed E-state index contributed by atoms with van der Waals surface area (Å²) in [5.74, 6) is 0.148. The number of benzene rings is 1. The predicted octanol–water partition coefficient (Wildman–Crippen LogP) is 1.83. The van der Waals surface area contributed by atoms with Crippen molar-refractivity contribution in [3.63, 3.8) is 0 Å². The Morgan fingerprint density at radius 1 is 1.40 bits per heavy atom. The van der Waals surface area contributed by atoms with E-state index >= 15 is 0 Å². The Bertz CT molecular complexity index is 512. The van der Waals surface area contributed by atoms with E-state index in [2.05, 4.69) is 5.16 Å². The van der Waals surface area contributed by atoms with Crippen LogP contribution in [-0.4, -0.2) is 34.9 Å².